The van der Waals surface area contributed by atoms with E-state index in [4.69, 9.17) is 17.3 Å². The Hall–Kier alpha value is -1.81. The van der Waals surface area contributed by atoms with Crippen LogP contribution >= 0.6 is 11.6 Å². The first kappa shape index (κ1) is 12.6. The van der Waals surface area contributed by atoms with Crippen LogP contribution < -0.4 is 10.6 Å². The Balaban J connectivity index is 2.47. The summed E-state index contributed by atoms with van der Waals surface area (Å²) in [6.07, 6.45) is 0. The third kappa shape index (κ3) is 2.38. The van der Waals surface area contributed by atoms with Crippen LogP contribution in [0.25, 0.3) is 0 Å². The van der Waals surface area contributed by atoms with Crippen molar-refractivity contribution in [1.29, 1.82) is 0 Å². The van der Waals surface area contributed by atoms with Crippen LogP contribution in [0.3, 0.4) is 0 Å². The van der Waals surface area contributed by atoms with Crippen molar-refractivity contribution in [3.05, 3.63) is 53.1 Å². The van der Waals surface area contributed by atoms with Crippen molar-refractivity contribution in [1.82, 2.24) is 0 Å². The second-order valence-corrected chi connectivity index (χ2v) is 4.29. The summed E-state index contributed by atoms with van der Waals surface area (Å²) in [6, 6.07) is 8.17. The smallest absolute Gasteiger partial charge is 0.146 e. The van der Waals surface area contributed by atoms with Crippen LogP contribution in [0.4, 0.5) is 25.8 Å². The van der Waals surface area contributed by atoms with Gasteiger partial charge in [0, 0.05) is 12.1 Å². The SMILES string of the molecule is CN(c1ccc(F)cc1N)c1cc(Cl)ccc1F. The van der Waals surface area contributed by atoms with Crippen molar-refractivity contribution in [2.24, 2.45) is 0 Å². The number of rotatable bonds is 2. The molecule has 0 aliphatic carbocycles. The molecule has 0 saturated heterocycles. The molecule has 18 heavy (non-hydrogen) atoms. The fraction of sp³-hybridized carbons (Fsp3) is 0.0769. The lowest BCUT2D eigenvalue weighted by molar-refractivity contribution is 0.626. The summed E-state index contributed by atoms with van der Waals surface area (Å²) in [7, 11) is 1.64. The average Bonchev–Trinajstić information content (AvgIpc) is 2.31. The molecule has 0 radical (unpaired) electrons. The molecule has 0 aliphatic rings. The number of halogens is 3. The van der Waals surface area contributed by atoms with Crippen molar-refractivity contribution in [3.8, 4) is 0 Å². The van der Waals surface area contributed by atoms with E-state index >= 15 is 0 Å². The first-order valence-electron chi connectivity index (χ1n) is 5.23. The van der Waals surface area contributed by atoms with Crippen molar-refractivity contribution in [2.75, 3.05) is 17.7 Å². The molecule has 0 amide bonds. The first-order valence-corrected chi connectivity index (χ1v) is 5.60. The van der Waals surface area contributed by atoms with E-state index in [2.05, 4.69) is 0 Å². The molecule has 2 aromatic rings. The minimum Gasteiger partial charge on any atom is -0.397 e. The third-order valence-corrected chi connectivity index (χ3v) is 2.86. The number of anilines is 3. The van der Waals surface area contributed by atoms with Crippen LogP contribution in [0.2, 0.25) is 5.02 Å². The molecule has 5 heteroatoms. The van der Waals surface area contributed by atoms with E-state index in [9.17, 15) is 8.78 Å². The molecule has 2 rings (SSSR count). The molecule has 0 aliphatic heterocycles. The average molecular weight is 269 g/mol. The maximum atomic E-state index is 13.7. The van der Waals surface area contributed by atoms with E-state index in [1.165, 1.54) is 41.3 Å². The summed E-state index contributed by atoms with van der Waals surface area (Å²) in [5.41, 5.74) is 6.73. The zero-order valence-corrected chi connectivity index (χ0v) is 10.4. The highest BCUT2D eigenvalue weighted by molar-refractivity contribution is 6.30. The Morgan fingerprint density at radius 1 is 1.06 bits per heavy atom. The first-order chi connectivity index (χ1) is 8.49. The Labute approximate surface area is 109 Å². The van der Waals surface area contributed by atoms with Crippen LogP contribution in [0, 0.1) is 11.6 Å². The van der Waals surface area contributed by atoms with Gasteiger partial charge in [0.05, 0.1) is 17.1 Å². The number of hydrogen-bond donors (Lipinski definition) is 1. The van der Waals surface area contributed by atoms with Crippen molar-refractivity contribution >= 4 is 28.7 Å². The van der Waals surface area contributed by atoms with Crippen LogP contribution in [-0.4, -0.2) is 7.05 Å². The van der Waals surface area contributed by atoms with Gasteiger partial charge in [-0.15, -0.1) is 0 Å². The monoisotopic (exact) mass is 268 g/mol. The summed E-state index contributed by atoms with van der Waals surface area (Å²) < 4.78 is 26.7. The number of hydrogen-bond acceptors (Lipinski definition) is 2. The third-order valence-electron chi connectivity index (χ3n) is 2.62. The molecule has 0 saturated carbocycles. The molecule has 2 nitrogen and oxygen atoms in total. The van der Waals surface area contributed by atoms with Crippen LogP contribution in [0.5, 0.6) is 0 Å². The highest BCUT2D eigenvalue weighted by atomic mass is 35.5. The highest BCUT2D eigenvalue weighted by Crippen LogP contribution is 2.32. The molecule has 2 N–H and O–H groups in total. The zero-order valence-electron chi connectivity index (χ0n) is 9.62. The Bertz CT molecular complexity index is 587. The standard InChI is InChI=1S/C13H11ClF2N2/c1-18(12-5-3-9(15)7-11(12)17)13-6-8(14)2-4-10(13)16/h2-7H,17H2,1H3. The summed E-state index contributed by atoms with van der Waals surface area (Å²) in [6.45, 7) is 0. The lowest BCUT2D eigenvalue weighted by Gasteiger charge is -2.22. The summed E-state index contributed by atoms with van der Waals surface area (Å²) >= 11 is 5.83. The minimum atomic E-state index is -0.434. The number of nitrogens with two attached hydrogens (primary N) is 1. The highest BCUT2D eigenvalue weighted by Gasteiger charge is 2.12. The van der Waals surface area contributed by atoms with E-state index in [0.29, 0.717) is 10.7 Å². The van der Waals surface area contributed by atoms with Crippen molar-refractivity contribution < 1.29 is 8.78 Å². The molecule has 0 fully saturated rings. The van der Waals surface area contributed by atoms with Crippen LogP contribution in [0.1, 0.15) is 0 Å². The zero-order chi connectivity index (χ0) is 13.3. The molecule has 0 atom stereocenters. The van der Waals surface area contributed by atoms with Gasteiger partial charge in [0.25, 0.3) is 0 Å². The molecule has 0 spiro atoms. The lowest BCUT2D eigenvalue weighted by Crippen LogP contribution is -2.13. The summed E-state index contributed by atoms with van der Waals surface area (Å²) in [4.78, 5) is 1.52. The number of nitrogens with zero attached hydrogens (tertiary/aromatic N) is 1. The van der Waals surface area contributed by atoms with E-state index in [0.717, 1.165) is 0 Å². The second-order valence-electron chi connectivity index (χ2n) is 3.86. The van der Waals surface area contributed by atoms with Gasteiger partial charge < -0.3 is 10.6 Å². The van der Waals surface area contributed by atoms with Crippen molar-refractivity contribution in [3.63, 3.8) is 0 Å². The van der Waals surface area contributed by atoms with E-state index < -0.39 is 11.6 Å². The molecule has 0 aromatic heterocycles. The van der Waals surface area contributed by atoms with Gasteiger partial charge in [0.1, 0.15) is 11.6 Å². The lowest BCUT2D eigenvalue weighted by atomic mass is 10.2. The minimum absolute atomic E-state index is 0.233. The molecular weight excluding hydrogens is 258 g/mol. The Morgan fingerprint density at radius 2 is 1.78 bits per heavy atom. The molecule has 0 bridgehead atoms. The molecule has 0 unspecified atom stereocenters. The fourth-order valence-electron chi connectivity index (χ4n) is 1.70. The predicted octanol–water partition coefficient (Wildman–Crippen LogP) is 3.97. The largest absolute Gasteiger partial charge is 0.397 e. The van der Waals surface area contributed by atoms with Gasteiger partial charge in [-0.05, 0) is 36.4 Å². The van der Waals surface area contributed by atoms with Crippen LogP contribution in [-0.2, 0) is 0 Å². The maximum absolute atomic E-state index is 13.7. The van der Waals surface area contributed by atoms with Crippen LogP contribution in [0.15, 0.2) is 36.4 Å². The quantitative estimate of drug-likeness (QED) is 0.835. The normalized spacial score (nSPS) is 10.4. The van der Waals surface area contributed by atoms with Gasteiger partial charge in [-0.25, -0.2) is 8.78 Å². The molecular formula is C13H11ClF2N2. The topological polar surface area (TPSA) is 29.3 Å². The summed E-state index contributed by atoms with van der Waals surface area (Å²) in [5.74, 6) is -0.859. The number of nitrogen functional groups attached to an aromatic ring is 1. The van der Waals surface area contributed by atoms with Gasteiger partial charge in [0.2, 0.25) is 0 Å². The van der Waals surface area contributed by atoms with E-state index in [-0.39, 0.29) is 11.4 Å². The Morgan fingerprint density at radius 3 is 2.44 bits per heavy atom. The van der Waals surface area contributed by atoms with Gasteiger partial charge in [0.15, 0.2) is 0 Å². The van der Waals surface area contributed by atoms with Crippen molar-refractivity contribution in [2.45, 2.75) is 0 Å². The second kappa shape index (κ2) is 4.82. The number of benzene rings is 2. The predicted molar refractivity (Wildman–Crippen MR) is 70.3 cm³/mol. The molecule has 94 valence electrons. The van der Waals surface area contributed by atoms with Gasteiger partial charge >= 0.3 is 0 Å². The molecule has 0 heterocycles. The van der Waals surface area contributed by atoms with E-state index in [1.807, 2.05) is 0 Å². The van der Waals surface area contributed by atoms with Gasteiger partial charge in [-0.2, -0.15) is 0 Å². The maximum Gasteiger partial charge on any atom is 0.146 e. The molecule has 2 aromatic carbocycles. The Kier molecular flexibility index (Phi) is 3.39. The van der Waals surface area contributed by atoms with Gasteiger partial charge in [-0.1, -0.05) is 11.6 Å². The van der Waals surface area contributed by atoms with Gasteiger partial charge in [-0.3, -0.25) is 0 Å². The fourth-order valence-corrected chi connectivity index (χ4v) is 1.87. The summed E-state index contributed by atoms with van der Waals surface area (Å²) in [5, 5.41) is 0.416. The van der Waals surface area contributed by atoms with E-state index in [1.54, 1.807) is 7.05 Å².